The van der Waals surface area contributed by atoms with Crippen molar-refractivity contribution in [3.05, 3.63) is 17.7 Å². The lowest BCUT2D eigenvalue weighted by Gasteiger charge is -2.21. The summed E-state index contributed by atoms with van der Waals surface area (Å²) < 4.78 is 52.9. The number of aromatic nitrogens is 2. The van der Waals surface area contributed by atoms with Crippen LogP contribution in [0.5, 0.6) is 0 Å². The van der Waals surface area contributed by atoms with Crippen molar-refractivity contribution in [1.29, 1.82) is 0 Å². The van der Waals surface area contributed by atoms with Crippen LogP contribution in [0.25, 0.3) is 5.57 Å². The van der Waals surface area contributed by atoms with Crippen LogP contribution in [0.1, 0.15) is 45.9 Å². The third-order valence-electron chi connectivity index (χ3n) is 3.61. The van der Waals surface area contributed by atoms with E-state index in [1.165, 1.54) is 6.08 Å². The molecule has 1 heterocycles. The number of carbonyl (C=O) groups is 1. The Bertz CT molecular complexity index is 685. The first kappa shape index (κ1) is 19.1. The standard InChI is InChI=1S/C16H20F4N4O/c1-8(2)21-14-12(17)15(22-9(3)16(18,19)20)24-13(23-14)10-5-4-6-11(25)7-10/h7-9H,4-6H2,1-3H3,(H2,21,22,23,24)/t9-/m1/s1. The fourth-order valence-corrected chi connectivity index (χ4v) is 2.31. The van der Waals surface area contributed by atoms with E-state index < -0.39 is 23.9 Å². The molecular weight excluding hydrogens is 340 g/mol. The van der Waals surface area contributed by atoms with Crippen LogP contribution in [0.4, 0.5) is 29.2 Å². The fourth-order valence-electron chi connectivity index (χ4n) is 2.31. The predicted octanol–water partition coefficient (Wildman–Crippen LogP) is 3.94. The number of hydrogen-bond donors (Lipinski definition) is 2. The summed E-state index contributed by atoms with van der Waals surface area (Å²) in [4.78, 5) is 19.5. The monoisotopic (exact) mass is 360 g/mol. The molecule has 0 amide bonds. The summed E-state index contributed by atoms with van der Waals surface area (Å²) in [7, 11) is 0. The van der Waals surface area contributed by atoms with Crippen molar-refractivity contribution in [1.82, 2.24) is 9.97 Å². The lowest BCUT2D eigenvalue weighted by molar-refractivity contribution is -0.138. The Balaban J connectivity index is 2.46. The molecule has 0 aromatic carbocycles. The predicted molar refractivity (Wildman–Crippen MR) is 86.7 cm³/mol. The first-order valence-electron chi connectivity index (χ1n) is 7.99. The molecule has 0 aliphatic heterocycles. The zero-order valence-corrected chi connectivity index (χ0v) is 14.2. The zero-order valence-electron chi connectivity index (χ0n) is 14.2. The quantitative estimate of drug-likeness (QED) is 0.779. The molecule has 0 bridgehead atoms. The van der Waals surface area contributed by atoms with Crippen LogP contribution in [0, 0.1) is 5.82 Å². The van der Waals surface area contributed by atoms with Crippen LogP contribution in [-0.2, 0) is 4.79 Å². The van der Waals surface area contributed by atoms with Crippen LogP contribution in [-0.4, -0.2) is 34.0 Å². The van der Waals surface area contributed by atoms with Crippen LogP contribution in [0.2, 0.25) is 0 Å². The summed E-state index contributed by atoms with van der Waals surface area (Å²) in [5, 5.41) is 4.81. The van der Waals surface area contributed by atoms with Crippen molar-refractivity contribution in [2.24, 2.45) is 0 Å². The van der Waals surface area contributed by atoms with Crippen molar-refractivity contribution < 1.29 is 22.4 Å². The lowest BCUT2D eigenvalue weighted by atomic mass is 9.98. The van der Waals surface area contributed by atoms with Gasteiger partial charge in [-0.2, -0.15) is 17.6 Å². The molecule has 5 nitrogen and oxygen atoms in total. The van der Waals surface area contributed by atoms with Crippen molar-refractivity contribution in [2.45, 2.75) is 58.3 Å². The van der Waals surface area contributed by atoms with Gasteiger partial charge in [0.15, 0.2) is 23.2 Å². The molecule has 1 aliphatic carbocycles. The maximum atomic E-state index is 14.5. The van der Waals surface area contributed by atoms with Crippen LogP contribution >= 0.6 is 0 Å². The SMILES string of the molecule is CC(C)Nc1nc(C2=CC(=O)CCC2)nc(N[C@H](C)C(F)(F)F)c1F. The molecule has 0 saturated carbocycles. The summed E-state index contributed by atoms with van der Waals surface area (Å²) in [6.07, 6.45) is -1.68. The normalized spacial score (nSPS) is 16.6. The molecule has 1 aromatic heterocycles. The minimum absolute atomic E-state index is 0.0504. The minimum Gasteiger partial charge on any atom is -0.365 e. The van der Waals surface area contributed by atoms with Gasteiger partial charge in [0, 0.05) is 18.0 Å². The highest BCUT2D eigenvalue weighted by Gasteiger charge is 2.37. The van der Waals surface area contributed by atoms with E-state index in [0.717, 1.165) is 6.92 Å². The van der Waals surface area contributed by atoms with Gasteiger partial charge < -0.3 is 10.6 Å². The number of allylic oxidation sites excluding steroid dienone is 2. The molecular formula is C16H20F4N4O. The highest BCUT2D eigenvalue weighted by Crippen LogP contribution is 2.29. The molecule has 0 unspecified atom stereocenters. The smallest absolute Gasteiger partial charge is 0.365 e. The molecule has 0 saturated heterocycles. The lowest BCUT2D eigenvalue weighted by Crippen LogP contribution is -2.34. The summed E-state index contributed by atoms with van der Waals surface area (Å²) in [5.74, 6) is -1.79. The average Bonchev–Trinajstić information content (AvgIpc) is 2.49. The number of nitrogens with one attached hydrogen (secondary N) is 2. The van der Waals surface area contributed by atoms with Gasteiger partial charge in [-0.1, -0.05) is 0 Å². The van der Waals surface area contributed by atoms with E-state index in [2.05, 4.69) is 20.6 Å². The highest BCUT2D eigenvalue weighted by molar-refractivity contribution is 5.97. The van der Waals surface area contributed by atoms with Gasteiger partial charge in [0.25, 0.3) is 0 Å². The van der Waals surface area contributed by atoms with Crippen molar-refractivity contribution >= 4 is 23.0 Å². The molecule has 2 N–H and O–H groups in total. The van der Waals surface area contributed by atoms with Crippen LogP contribution in [0.3, 0.4) is 0 Å². The second kappa shape index (κ2) is 7.37. The van der Waals surface area contributed by atoms with E-state index in [4.69, 9.17) is 0 Å². The first-order valence-corrected chi connectivity index (χ1v) is 7.99. The minimum atomic E-state index is -4.55. The Kier molecular flexibility index (Phi) is 5.64. The maximum absolute atomic E-state index is 14.5. The topological polar surface area (TPSA) is 66.9 Å². The first-order chi connectivity index (χ1) is 11.6. The second-order valence-electron chi connectivity index (χ2n) is 6.25. The summed E-state index contributed by atoms with van der Waals surface area (Å²) in [6.45, 7) is 4.37. The Hall–Kier alpha value is -2.19. The third-order valence-corrected chi connectivity index (χ3v) is 3.61. The number of nitrogens with zero attached hydrogens (tertiary/aromatic N) is 2. The Morgan fingerprint density at radius 2 is 1.68 bits per heavy atom. The Labute approximate surface area is 142 Å². The van der Waals surface area contributed by atoms with E-state index in [1.807, 2.05) is 0 Å². The molecule has 0 radical (unpaired) electrons. The molecule has 1 aromatic rings. The van der Waals surface area contributed by atoms with Gasteiger partial charge in [-0.25, -0.2) is 9.97 Å². The van der Waals surface area contributed by atoms with Gasteiger partial charge in [-0.3, -0.25) is 4.79 Å². The second-order valence-corrected chi connectivity index (χ2v) is 6.25. The molecule has 0 spiro atoms. The number of halogens is 4. The largest absolute Gasteiger partial charge is 0.408 e. The van der Waals surface area contributed by atoms with E-state index >= 15 is 0 Å². The summed E-state index contributed by atoms with van der Waals surface area (Å²) in [5.41, 5.74) is 0.491. The van der Waals surface area contributed by atoms with Crippen LogP contribution in [0.15, 0.2) is 6.08 Å². The van der Waals surface area contributed by atoms with Gasteiger partial charge in [0.1, 0.15) is 6.04 Å². The van der Waals surface area contributed by atoms with Gasteiger partial charge in [0.2, 0.25) is 5.82 Å². The molecule has 1 atom stereocenters. The molecule has 25 heavy (non-hydrogen) atoms. The van der Waals surface area contributed by atoms with Gasteiger partial charge in [-0.15, -0.1) is 0 Å². The molecule has 2 rings (SSSR count). The number of rotatable bonds is 5. The van der Waals surface area contributed by atoms with E-state index in [-0.39, 0.29) is 23.5 Å². The summed E-state index contributed by atoms with van der Waals surface area (Å²) >= 11 is 0. The number of ketones is 1. The summed E-state index contributed by atoms with van der Waals surface area (Å²) in [6, 6.07) is -2.18. The third kappa shape index (κ3) is 4.90. The Morgan fingerprint density at radius 1 is 1.08 bits per heavy atom. The van der Waals surface area contributed by atoms with Crippen LogP contribution < -0.4 is 10.6 Å². The fraction of sp³-hybridized carbons (Fsp3) is 0.562. The van der Waals surface area contributed by atoms with Gasteiger partial charge in [-0.05, 0) is 39.7 Å². The molecule has 0 fully saturated rings. The van der Waals surface area contributed by atoms with Gasteiger partial charge in [0.05, 0.1) is 0 Å². The van der Waals surface area contributed by atoms with E-state index in [9.17, 15) is 22.4 Å². The molecule has 9 heteroatoms. The van der Waals surface area contributed by atoms with E-state index in [1.54, 1.807) is 13.8 Å². The zero-order chi connectivity index (χ0) is 18.8. The van der Waals surface area contributed by atoms with E-state index in [0.29, 0.717) is 24.8 Å². The number of carbonyl (C=O) groups excluding carboxylic acids is 1. The van der Waals surface area contributed by atoms with Crippen molar-refractivity contribution in [2.75, 3.05) is 10.6 Å². The average molecular weight is 360 g/mol. The number of anilines is 2. The number of alkyl halides is 3. The number of hydrogen-bond acceptors (Lipinski definition) is 5. The molecule has 1 aliphatic rings. The highest BCUT2D eigenvalue weighted by atomic mass is 19.4. The maximum Gasteiger partial charge on any atom is 0.408 e. The molecule has 138 valence electrons. The van der Waals surface area contributed by atoms with Gasteiger partial charge >= 0.3 is 6.18 Å². The van der Waals surface area contributed by atoms with Crippen molar-refractivity contribution in [3.63, 3.8) is 0 Å². The van der Waals surface area contributed by atoms with Crippen molar-refractivity contribution in [3.8, 4) is 0 Å². The Morgan fingerprint density at radius 3 is 2.20 bits per heavy atom.